The van der Waals surface area contributed by atoms with E-state index in [0.29, 0.717) is 30.2 Å². The van der Waals surface area contributed by atoms with Crippen molar-refractivity contribution in [3.63, 3.8) is 0 Å². The summed E-state index contributed by atoms with van der Waals surface area (Å²) in [5.41, 5.74) is 0.643. The summed E-state index contributed by atoms with van der Waals surface area (Å²) in [7, 11) is 0. The van der Waals surface area contributed by atoms with Crippen molar-refractivity contribution < 1.29 is 9.90 Å². The number of rotatable bonds is 1. The van der Waals surface area contributed by atoms with E-state index < -0.39 is 6.10 Å². The minimum absolute atomic E-state index is 0.208. The van der Waals surface area contributed by atoms with Gasteiger partial charge in [0.15, 0.2) is 0 Å². The van der Waals surface area contributed by atoms with Crippen LogP contribution in [0, 0.1) is 0 Å². The van der Waals surface area contributed by atoms with Gasteiger partial charge >= 0.3 is 6.03 Å². The number of anilines is 1. The van der Waals surface area contributed by atoms with E-state index in [4.69, 9.17) is 11.6 Å². The molecule has 17 heavy (non-hydrogen) atoms. The van der Waals surface area contributed by atoms with Crippen molar-refractivity contribution in [1.29, 1.82) is 0 Å². The largest absolute Gasteiger partial charge is 0.391 e. The Kier molecular flexibility index (Phi) is 3.91. The highest BCUT2D eigenvalue weighted by atomic mass is 79.9. The Morgan fingerprint density at radius 2 is 2.35 bits per heavy atom. The monoisotopic (exact) mass is 318 g/mol. The van der Waals surface area contributed by atoms with Crippen molar-refractivity contribution >= 4 is 39.2 Å². The van der Waals surface area contributed by atoms with Crippen LogP contribution in [0.3, 0.4) is 0 Å². The van der Waals surface area contributed by atoms with Crippen molar-refractivity contribution in [1.82, 2.24) is 4.90 Å². The van der Waals surface area contributed by atoms with Crippen molar-refractivity contribution in [3.05, 3.63) is 27.7 Å². The number of nitrogens with zero attached hydrogens (tertiary/aromatic N) is 1. The van der Waals surface area contributed by atoms with Gasteiger partial charge in [0, 0.05) is 23.2 Å². The van der Waals surface area contributed by atoms with Gasteiger partial charge in [-0.3, -0.25) is 0 Å². The number of likely N-dealkylation sites (tertiary alicyclic amines) is 1. The molecule has 1 aromatic rings. The number of urea groups is 1. The number of nitrogens with one attached hydrogen (secondary N) is 1. The third kappa shape index (κ3) is 3.12. The zero-order chi connectivity index (χ0) is 12.4. The average Bonchev–Trinajstić information content (AvgIpc) is 2.70. The summed E-state index contributed by atoms with van der Waals surface area (Å²) in [6.07, 6.45) is 0.225. The Bertz CT molecular complexity index is 441. The van der Waals surface area contributed by atoms with E-state index in [2.05, 4.69) is 21.2 Å². The third-order valence-corrected chi connectivity index (χ3v) is 3.85. The number of β-amino-alcohol motifs (C(OH)–C–C–N with tert-alkyl or cyclic N) is 1. The smallest absolute Gasteiger partial charge is 0.321 e. The van der Waals surface area contributed by atoms with E-state index >= 15 is 0 Å². The van der Waals surface area contributed by atoms with Crippen LogP contribution in [0.1, 0.15) is 6.42 Å². The van der Waals surface area contributed by atoms with Crippen LogP contribution in [0.2, 0.25) is 5.02 Å². The summed E-state index contributed by atoms with van der Waals surface area (Å²) in [6, 6.07) is 5.01. The quantitative estimate of drug-likeness (QED) is 0.836. The molecule has 2 amide bonds. The lowest BCUT2D eigenvalue weighted by Gasteiger charge is -2.16. The first-order valence-corrected chi connectivity index (χ1v) is 6.42. The highest BCUT2D eigenvalue weighted by Gasteiger charge is 2.24. The maximum Gasteiger partial charge on any atom is 0.321 e. The molecule has 0 aliphatic carbocycles. The standard InChI is InChI=1S/C11H12BrClN2O2/c12-9-2-1-7(5-10(9)13)14-11(17)15-4-3-8(16)6-15/h1-2,5,8,16H,3-4,6H2,(H,14,17)/t8-/m0/s1. The van der Waals surface area contributed by atoms with Crippen LogP contribution in [0.15, 0.2) is 22.7 Å². The summed E-state index contributed by atoms with van der Waals surface area (Å²) in [4.78, 5) is 13.4. The molecule has 1 aliphatic heterocycles. The van der Waals surface area contributed by atoms with E-state index in [-0.39, 0.29) is 6.03 Å². The molecule has 1 atom stereocenters. The molecule has 0 radical (unpaired) electrons. The van der Waals surface area contributed by atoms with Crippen LogP contribution in [-0.2, 0) is 0 Å². The van der Waals surface area contributed by atoms with Gasteiger partial charge in [-0.1, -0.05) is 11.6 Å². The van der Waals surface area contributed by atoms with Crippen LogP contribution in [0.4, 0.5) is 10.5 Å². The third-order valence-electron chi connectivity index (χ3n) is 2.62. The van der Waals surface area contributed by atoms with Gasteiger partial charge < -0.3 is 15.3 Å². The number of aliphatic hydroxyl groups is 1. The molecule has 6 heteroatoms. The number of carbonyl (C=O) groups is 1. The normalized spacial score (nSPS) is 19.5. The predicted molar refractivity (Wildman–Crippen MR) is 70.4 cm³/mol. The van der Waals surface area contributed by atoms with E-state index in [1.165, 1.54) is 0 Å². The highest BCUT2D eigenvalue weighted by molar-refractivity contribution is 9.10. The molecule has 1 aliphatic rings. The molecule has 2 N–H and O–H groups in total. The van der Waals surface area contributed by atoms with Gasteiger partial charge in [-0.2, -0.15) is 0 Å². The minimum Gasteiger partial charge on any atom is -0.391 e. The number of carbonyl (C=O) groups excluding carboxylic acids is 1. The molecule has 4 nitrogen and oxygen atoms in total. The zero-order valence-electron chi connectivity index (χ0n) is 8.99. The lowest BCUT2D eigenvalue weighted by molar-refractivity contribution is 0.176. The topological polar surface area (TPSA) is 52.6 Å². The Balaban J connectivity index is 2.00. The van der Waals surface area contributed by atoms with Crippen molar-refractivity contribution in [2.24, 2.45) is 0 Å². The Morgan fingerprint density at radius 1 is 1.59 bits per heavy atom. The Morgan fingerprint density at radius 3 is 2.94 bits per heavy atom. The first kappa shape index (κ1) is 12.7. The lowest BCUT2D eigenvalue weighted by atomic mass is 10.3. The van der Waals surface area contributed by atoms with E-state index in [1.54, 1.807) is 23.1 Å². The van der Waals surface area contributed by atoms with Gasteiger partial charge in [0.1, 0.15) is 0 Å². The molecular formula is C11H12BrClN2O2. The van der Waals surface area contributed by atoms with E-state index in [9.17, 15) is 9.90 Å². The molecule has 1 fully saturated rings. The maximum absolute atomic E-state index is 11.8. The van der Waals surface area contributed by atoms with E-state index in [0.717, 1.165) is 4.47 Å². The van der Waals surface area contributed by atoms with Gasteiger partial charge in [0.2, 0.25) is 0 Å². The molecule has 0 bridgehead atoms. The second-order valence-electron chi connectivity index (χ2n) is 3.95. The molecule has 0 saturated carbocycles. The van der Waals surface area contributed by atoms with Crippen LogP contribution >= 0.6 is 27.5 Å². The minimum atomic E-state index is -0.408. The molecule has 1 heterocycles. The summed E-state index contributed by atoms with van der Waals surface area (Å²) < 4.78 is 0.786. The molecule has 0 spiro atoms. The second-order valence-corrected chi connectivity index (χ2v) is 5.21. The number of amides is 2. The molecule has 1 aromatic carbocycles. The van der Waals surface area contributed by atoms with E-state index in [1.807, 2.05) is 0 Å². The fraction of sp³-hybridized carbons (Fsp3) is 0.364. The zero-order valence-corrected chi connectivity index (χ0v) is 11.3. The van der Waals surface area contributed by atoms with Gasteiger partial charge in [-0.05, 0) is 40.5 Å². The highest BCUT2D eigenvalue weighted by Crippen LogP contribution is 2.25. The fourth-order valence-corrected chi connectivity index (χ4v) is 2.13. The van der Waals surface area contributed by atoms with Crippen LogP contribution < -0.4 is 5.32 Å². The lowest BCUT2D eigenvalue weighted by Crippen LogP contribution is -2.33. The van der Waals surface area contributed by atoms with Gasteiger partial charge in [0.05, 0.1) is 11.1 Å². The molecule has 0 aromatic heterocycles. The van der Waals surface area contributed by atoms with Gasteiger partial charge in [-0.25, -0.2) is 4.79 Å². The summed E-state index contributed by atoms with van der Waals surface area (Å²) in [5, 5.41) is 12.6. The fourth-order valence-electron chi connectivity index (χ4n) is 1.70. The predicted octanol–water partition coefficient (Wildman–Crippen LogP) is 2.70. The van der Waals surface area contributed by atoms with Crippen molar-refractivity contribution in [2.45, 2.75) is 12.5 Å². The average molecular weight is 320 g/mol. The SMILES string of the molecule is O=C(Nc1ccc(Br)c(Cl)c1)N1CC[C@H](O)C1. The van der Waals surface area contributed by atoms with Gasteiger partial charge in [0.25, 0.3) is 0 Å². The molecule has 1 saturated heterocycles. The van der Waals surface area contributed by atoms with Gasteiger partial charge in [-0.15, -0.1) is 0 Å². The number of aliphatic hydroxyl groups excluding tert-OH is 1. The Hall–Kier alpha value is -0.780. The molecular weight excluding hydrogens is 307 g/mol. The maximum atomic E-state index is 11.8. The van der Waals surface area contributed by atoms with Crippen LogP contribution in [0.25, 0.3) is 0 Å². The summed E-state index contributed by atoms with van der Waals surface area (Å²) >= 11 is 9.21. The van der Waals surface area contributed by atoms with Crippen LogP contribution in [-0.4, -0.2) is 35.2 Å². The first-order valence-electron chi connectivity index (χ1n) is 5.25. The Labute approximate surface area is 113 Å². The number of halogens is 2. The molecule has 2 rings (SSSR count). The first-order chi connectivity index (χ1) is 8.06. The molecule has 92 valence electrons. The number of hydrogen-bond acceptors (Lipinski definition) is 2. The van der Waals surface area contributed by atoms with Crippen molar-refractivity contribution in [3.8, 4) is 0 Å². The number of benzene rings is 1. The number of hydrogen-bond donors (Lipinski definition) is 2. The summed E-state index contributed by atoms with van der Waals surface area (Å²) in [5.74, 6) is 0. The second kappa shape index (κ2) is 5.25. The van der Waals surface area contributed by atoms with Crippen LogP contribution in [0.5, 0.6) is 0 Å². The molecule has 0 unspecified atom stereocenters. The van der Waals surface area contributed by atoms with Crippen molar-refractivity contribution in [2.75, 3.05) is 18.4 Å². The summed E-state index contributed by atoms with van der Waals surface area (Å²) in [6.45, 7) is 0.966.